The second-order valence-electron chi connectivity index (χ2n) is 9.04. The molecule has 0 saturated carbocycles. The van der Waals surface area contributed by atoms with E-state index >= 15 is 0 Å². The van der Waals surface area contributed by atoms with E-state index in [2.05, 4.69) is 26.3 Å². The molecular weight excluding hydrogens is 594 g/mol. The second kappa shape index (κ2) is 15.8. The molecular formula is C26H30ClN5O5S3. The standard InChI is InChI=1S/C26H30ClN5O5S3/c1-15(2)22-26(37)29-13-16-4-3-5-17(12-16)23(34)31-18(14-30-25(36)19-6-7-20(27)40-19)24(35)28-9-11-39-38-10-8-21(33)32-22/h3-7,12-13,15,18,22H,8-11,14H2,1-2H3,(H,28,35)(H,30,36)(H,31,34)(H,32,33)/t18-,22+/m0/s1. The van der Waals surface area contributed by atoms with Gasteiger partial charge in [0, 0.05) is 42.8 Å². The Balaban J connectivity index is 1.79. The number of halogens is 1. The number of nitrogens with zero attached hydrogens (tertiary/aromatic N) is 1. The summed E-state index contributed by atoms with van der Waals surface area (Å²) >= 11 is 7.02. The summed E-state index contributed by atoms with van der Waals surface area (Å²) in [5.41, 5.74) is 0.724. The number of rotatable bonds is 4. The Morgan fingerprint density at radius 3 is 2.60 bits per heavy atom. The van der Waals surface area contributed by atoms with Crippen LogP contribution in [-0.2, 0) is 14.4 Å². The zero-order valence-corrected chi connectivity index (χ0v) is 25.1. The highest BCUT2D eigenvalue weighted by molar-refractivity contribution is 8.76. The van der Waals surface area contributed by atoms with Crippen molar-refractivity contribution in [3.8, 4) is 0 Å². The fourth-order valence-electron chi connectivity index (χ4n) is 3.50. The van der Waals surface area contributed by atoms with Crippen LogP contribution in [0.3, 0.4) is 0 Å². The molecule has 0 aliphatic carbocycles. The fraction of sp³-hybridized carbons (Fsp3) is 0.385. The summed E-state index contributed by atoms with van der Waals surface area (Å²) in [6.45, 7) is 3.83. The highest BCUT2D eigenvalue weighted by Gasteiger charge is 2.25. The average molecular weight is 624 g/mol. The van der Waals surface area contributed by atoms with Crippen LogP contribution in [0.15, 0.2) is 41.4 Å². The van der Waals surface area contributed by atoms with Gasteiger partial charge < -0.3 is 21.3 Å². The van der Waals surface area contributed by atoms with Crippen molar-refractivity contribution in [2.45, 2.75) is 32.4 Å². The third-order valence-corrected chi connectivity index (χ3v) is 9.24. The Kier molecular flexibility index (Phi) is 12.5. The summed E-state index contributed by atoms with van der Waals surface area (Å²) < 4.78 is 0.458. The monoisotopic (exact) mass is 623 g/mol. The number of carbonyl (C=O) groups excluding carboxylic acids is 5. The molecule has 0 spiro atoms. The second-order valence-corrected chi connectivity index (χ2v) is 13.5. The Bertz CT molecular complexity index is 1270. The van der Waals surface area contributed by atoms with Crippen molar-refractivity contribution in [1.82, 2.24) is 21.3 Å². The lowest BCUT2D eigenvalue weighted by Gasteiger charge is -2.19. The molecule has 2 aromatic rings. The first-order valence-corrected chi connectivity index (χ1v) is 16.2. The fourth-order valence-corrected chi connectivity index (χ4v) is 6.35. The van der Waals surface area contributed by atoms with E-state index < -0.39 is 35.7 Å². The first-order chi connectivity index (χ1) is 19.1. The zero-order chi connectivity index (χ0) is 29.1. The number of aliphatic imine (C=N–C) groups is 1. The first kappa shape index (κ1) is 31.7. The van der Waals surface area contributed by atoms with Gasteiger partial charge in [-0.25, -0.2) is 4.99 Å². The van der Waals surface area contributed by atoms with Crippen LogP contribution in [0.25, 0.3) is 0 Å². The molecule has 1 aromatic heterocycles. The molecule has 2 bridgehead atoms. The van der Waals surface area contributed by atoms with Gasteiger partial charge in [0.2, 0.25) is 11.8 Å². The van der Waals surface area contributed by atoms with Gasteiger partial charge in [-0.3, -0.25) is 24.0 Å². The molecule has 2 heterocycles. The van der Waals surface area contributed by atoms with Crippen LogP contribution in [0.4, 0.5) is 0 Å². The molecule has 40 heavy (non-hydrogen) atoms. The average Bonchev–Trinajstić information content (AvgIpc) is 3.37. The van der Waals surface area contributed by atoms with Crippen LogP contribution in [0.2, 0.25) is 4.34 Å². The third-order valence-electron chi connectivity index (χ3n) is 5.60. The predicted octanol–water partition coefficient (Wildman–Crippen LogP) is 2.92. The van der Waals surface area contributed by atoms with Crippen molar-refractivity contribution in [3.63, 3.8) is 0 Å². The molecule has 0 unspecified atom stereocenters. The SMILES string of the molecule is CC(C)[C@H]1NC(=O)CCSSCCNC(=O)[C@H](CNC(=O)c2ccc(Cl)s2)NC(=O)c2cccc(c2)C=NC1=O. The number of nitrogens with one attached hydrogen (secondary N) is 4. The zero-order valence-electron chi connectivity index (χ0n) is 21.9. The largest absolute Gasteiger partial charge is 0.353 e. The van der Waals surface area contributed by atoms with Crippen molar-refractivity contribution in [2.75, 3.05) is 24.6 Å². The summed E-state index contributed by atoms with van der Waals surface area (Å²) in [5, 5.41) is 10.9. The number of carbonyl (C=O) groups is 5. The Hall–Kier alpha value is -2.87. The number of benzene rings is 1. The molecule has 0 fully saturated rings. The molecule has 2 atom stereocenters. The van der Waals surface area contributed by atoms with Crippen LogP contribution >= 0.6 is 44.5 Å². The molecule has 0 radical (unpaired) electrons. The first-order valence-electron chi connectivity index (χ1n) is 12.5. The van der Waals surface area contributed by atoms with Crippen molar-refractivity contribution >= 4 is 80.3 Å². The van der Waals surface area contributed by atoms with E-state index in [1.54, 1.807) is 30.3 Å². The van der Waals surface area contributed by atoms with Gasteiger partial charge in [-0.05, 0) is 35.7 Å². The molecule has 10 nitrogen and oxygen atoms in total. The van der Waals surface area contributed by atoms with Crippen LogP contribution < -0.4 is 21.3 Å². The van der Waals surface area contributed by atoms with Crippen molar-refractivity contribution in [1.29, 1.82) is 0 Å². The van der Waals surface area contributed by atoms with Crippen molar-refractivity contribution in [3.05, 3.63) is 56.7 Å². The van der Waals surface area contributed by atoms with E-state index in [4.69, 9.17) is 11.6 Å². The molecule has 14 heteroatoms. The summed E-state index contributed by atoms with van der Waals surface area (Å²) in [4.78, 5) is 68.1. The predicted molar refractivity (Wildman–Crippen MR) is 161 cm³/mol. The van der Waals surface area contributed by atoms with Gasteiger partial charge in [0.1, 0.15) is 12.1 Å². The topological polar surface area (TPSA) is 146 Å². The van der Waals surface area contributed by atoms with Crippen LogP contribution in [0, 0.1) is 5.92 Å². The van der Waals surface area contributed by atoms with E-state index in [-0.39, 0.29) is 30.4 Å². The van der Waals surface area contributed by atoms with Gasteiger partial charge >= 0.3 is 0 Å². The number of thiophene rings is 1. The minimum Gasteiger partial charge on any atom is -0.353 e. The maximum atomic E-state index is 13.1. The number of hydrogen-bond acceptors (Lipinski definition) is 8. The van der Waals surface area contributed by atoms with Crippen LogP contribution in [0.5, 0.6) is 0 Å². The van der Waals surface area contributed by atoms with Crippen LogP contribution in [0.1, 0.15) is 45.9 Å². The van der Waals surface area contributed by atoms with Gasteiger partial charge in [-0.2, -0.15) is 0 Å². The smallest absolute Gasteiger partial charge is 0.268 e. The van der Waals surface area contributed by atoms with E-state index in [9.17, 15) is 24.0 Å². The Morgan fingerprint density at radius 1 is 1.10 bits per heavy atom. The minimum absolute atomic E-state index is 0.144. The Labute approximate surface area is 249 Å². The molecule has 4 N–H and O–H groups in total. The molecule has 214 valence electrons. The summed E-state index contributed by atoms with van der Waals surface area (Å²) in [6, 6.07) is 7.75. The quantitative estimate of drug-likeness (QED) is 0.383. The van der Waals surface area contributed by atoms with Crippen molar-refractivity contribution in [2.24, 2.45) is 10.9 Å². The Morgan fingerprint density at radius 2 is 1.88 bits per heavy atom. The van der Waals surface area contributed by atoms with Crippen molar-refractivity contribution < 1.29 is 24.0 Å². The molecule has 1 aliphatic heterocycles. The lowest BCUT2D eigenvalue weighted by atomic mass is 10.0. The molecule has 0 saturated heterocycles. The molecule has 1 aromatic carbocycles. The normalized spacial score (nSPS) is 19.9. The van der Waals surface area contributed by atoms with Gasteiger partial charge in [0.15, 0.2) is 0 Å². The maximum Gasteiger partial charge on any atom is 0.268 e. The lowest BCUT2D eigenvalue weighted by Crippen LogP contribution is -2.53. The number of fused-ring (bicyclic) bond motifs is 2. The number of hydrogen-bond donors (Lipinski definition) is 4. The molecule has 3 rings (SSSR count). The van der Waals surface area contributed by atoms with Gasteiger partial charge in [0.05, 0.1) is 9.21 Å². The van der Waals surface area contributed by atoms with Gasteiger partial charge in [0.25, 0.3) is 17.7 Å². The molecule has 1 aliphatic rings. The van der Waals surface area contributed by atoms with Crippen LogP contribution in [-0.4, -0.2) is 72.4 Å². The number of amides is 5. The van der Waals surface area contributed by atoms with E-state index in [1.165, 1.54) is 33.9 Å². The molecule has 5 amide bonds. The summed E-state index contributed by atoms with van der Waals surface area (Å²) in [7, 11) is 2.96. The van der Waals surface area contributed by atoms with E-state index in [1.807, 2.05) is 13.8 Å². The van der Waals surface area contributed by atoms with Gasteiger partial charge in [-0.15, -0.1) is 11.3 Å². The highest BCUT2D eigenvalue weighted by atomic mass is 35.5. The minimum atomic E-state index is -1.05. The highest BCUT2D eigenvalue weighted by Crippen LogP contribution is 2.22. The maximum absolute atomic E-state index is 13.1. The lowest BCUT2D eigenvalue weighted by molar-refractivity contribution is -0.127. The van der Waals surface area contributed by atoms with E-state index in [0.717, 1.165) is 11.3 Å². The summed E-state index contributed by atoms with van der Waals surface area (Å²) in [5.74, 6) is -1.23. The third kappa shape index (κ3) is 9.95. The van der Waals surface area contributed by atoms with E-state index in [0.29, 0.717) is 32.8 Å². The van der Waals surface area contributed by atoms with Gasteiger partial charge in [-0.1, -0.05) is 59.2 Å². The summed E-state index contributed by atoms with van der Waals surface area (Å²) in [6.07, 6.45) is 1.57.